The minimum atomic E-state index is -0.245. The van der Waals surface area contributed by atoms with Crippen LogP contribution in [0.4, 0.5) is 4.79 Å². The van der Waals surface area contributed by atoms with E-state index >= 15 is 0 Å². The molecule has 0 spiro atoms. The van der Waals surface area contributed by atoms with E-state index in [0.717, 1.165) is 17.8 Å². The standard InChI is InChI=1S/C24H26N4O2.2ClH/c1-16-21(13-26-27(16)2)23-14-28(12-11-25-23)24(29)30-15-22-19-9-5-3-7-17(19)18-8-4-6-10-20(18)22;;/h3-10,13,22-23,25H,11-12,14-15H2,1-2H3;2*1H. The Kier molecular flexibility index (Phi) is 7.49. The number of carbonyl (C=O) groups excluding carboxylic acids is 1. The summed E-state index contributed by atoms with van der Waals surface area (Å²) in [4.78, 5) is 14.7. The Bertz CT molecular complexity index is 1060. The molecule has 1 aliphatic heterocycles. The lowest BCUT2D eigenvalue weighted by atomic mass is 9.98. The largest absolute Gasteiger partial charge is 0.448 e. The lowest BCUT2D eigenvalue weighted by Crippen LogP contribution is -2.48. The summed E-state index contributed by atoms with van der Waals surface area (Å²) in [5.41, 5.74) is 7.19. The van der Waals surface area contributed by atoms with Gasteiger partial charge in [0.2, 0.25) is 0 Å². The second kappa shape index (κ2) is 9.94. The Morgan fingerprint density at radius 3 is 2.28 bits per heavy atom. The van der Waals surface area contributed by atoms with Crippen LogP contribution in [0.25, 0.3) is 11.1 Å². The molecule has 5 rings (SSSR count). The van der Waals surface area contributed by atoms with Crippen LogP contribution >= 0.6 is 24.8 Å². The van der Waals surface area contributed by atoms with Crippen LogP contribution in [0.1, 0.15) is 34.3 Å². The van der Waals surface area contributed by atoms with Gasteiger partial charge in [-0.15, -0.1) is 24.8 Å². The van der Waals surface area contributed by atoms with Gasteiger partial charge in [-0.05, 0) is 29.2 Å². The van der Waals surface area contributed by atoms with Gasteiger partial charge < -0.3 is 15.0 Å². The van der Waals surface area contributed by atoms with Gasteiger partial charge >= 0.3 is 6.09 Å². The molecular formula is C24H28Cl2N4O2. The molecule has 2 aliphatic rings. The Labute approximate surface area is 200 Å². The first-order valence-corrected chi connectivity index (χ1v) is 10.5. The summed E-state index contributed by atoms with van der Waals surface area (Å²) in [6.07, 6.45) is 1.64. The average Bonchev–Trinajstić information content (AvgIpc) is 3.29. The quantitative estimate of drug-likeness (QED) is 0.608. The molecule has 1 atom stereocenters. The van der Waals surface area contributed by atoms with Crippen molar-refractivity contribution in [1.29, 1.82) is 0 Å². The Hall–Kier alpha value is -2.54. The number of piperazine rings is 1. The van der Waals surface area contributed by atoms with Crippen molar-refractivity contribution < 1.29 is 9.53 Å². The molecular weight excluding hydrogens is 447 g/mol. The van der Waals surface area contributed by atoms with Crippen molar-refractivity contribution in [3.05, 3.63) is 77.1 Å². The third-order valence-electron chi connectivity index (χ3n) is 6.42. The van der Waals surface area contributed by atoms with Crippen LogP contribution in [-0.4, -0.2) is 47.0 Å². The molecule has 1 aliphatic carbocycles. The minimum Gasteiger partial charge on any atom is -0.448 e. The maximum Gasteiger partial charge on any atom is 0.409 e. The number of amides is 1. The van der Waals surface area contributed by atoms with Gasteiger partial charge in [0.1, 0.15) is 6.61 Å². The predicted octanol–water partition coefficient (Wildman–Crippen LogP) is 4.47. The van der Waals surface area contributed by atoms with E-state index in [4.69, 9.17) is 4.74 Å². The van der Waals surface area contributed by atoms with E-state index in [1.54, 1.807) is 4.90 Å². The third-order valence-corrected chi connectivity index (χ3v) is 6.42. The van der Waals surface area contributed by atoms with Crippen molar-refractivity contribution in [2.75, 3.05) is 26.2 Å². The fourth-order valence-corrected chi connectivity index (χ4v) is 4.67. The molecule has 2 aromatic carbocycles. The molecule has 1 saturated heterocycles. The topological polar surface area (TPSA) is 59.4 Å². The highest BCUT2D eigenvalue weighted by molar-refractivity contribution is 5.85. The zero-order valence-electron chi connectivity index (χ0n) is 18.2. The highest BCUT2D eigenvalue weighted by atomic mass is 35.5. The van der Waals surface area contributed by atoms with E-state index in [-0.39, 0.29) is 42.9 Å². The van der Waals surface area contributed by atoms with Crippen molar-refractivity contribution in [1.82, 2.24) is 20.0 Å². The van der Waals surface area contributed by atoms with Crippen LogP contribution in [0.3, 0.4) is 0 Å². The van der Waals surface area contributed by atoms with Crippen LogP contribution in [-0.2, 0) is 11.8 Å². The molecule has 6 nitrogen and oxygen atoms in total. The molecule has 1 aromatic heterocycles. The Morgan fingerprint density at radius 2 is 1.69 bits per heavy atom. The first-order valence-electron chi connectivity index (χ1n) is 10.5. The van der Waals surface area contributed by atoms with Gasteiger partial charge in [0.25, 0.3) is 0 Å². The molecule has 2 heterocycles. The van der Waals surface area contributed by atoms with Gasteiger partial charge in [-0.1, -0.05) is 48.5 Å². The fraction of sp³-hybridized carbons (Fsp3) is 0.333. The molecule has 32 heavy (non-hydrogen) atoms. The van der Waals surface area contributed by atoms with Crippen LogP contribution < -0.4 is 5.32 Å². The zero-order valence-corrected chi connectivity index (χ0v) is 19.8. The SMILES string of the molecule is Cc1c(C2CN(C(=O)OCC3c4ccccc4-c4ccccc43)CCN2)cnn1C.Cl.Cl. The molecule has 0 bridgehead atoms. The summed E-state index contributed by atoms with van der Waals surface area (Å²) in [6, 6.07) is 16.9. The minimum absolute atomic E-state index is 0. The highest BCUT2D eigenvalue weighted by Crippen LogP contribution is 2.44. The second-order valence-electron chi connectivity index (χ2n) is 8.07. The predicted molar refractivity (Wildman–Crippen MR) is 130 cm³/mol. The van der Waals surface area contributed by atoms with E-state index in [0.29, 0.717) is 19.7 Å². The van der Waals surface area contributed by atoms with Gasteiger partial charge in [-0.25, -0.2) is 4.79 Å². The van der Waals surface area contributed by atoms with Gasteiger partial charge in [0.05, 0.1) is 12.2 Å². The summed E-state index contributed by atoms with van der Waals surface area (Å²) in [5, 5.41) is 7.83. The van der Waals surface area contributed by atoms with Crippen molar-refractivity contribution in [3.63, 3.8) is 0 Å². The smallest absolute Gasteiger partial charge is 0.409 e. The summed E-state index contributed by atoms with van der Waals surface area (Å²) in [5.74, 6) is 0.0839. The molecule has 1 amide bonds. The van der Waals surface area contributed by atoms with Crippen LogP contribution in [0.5, 0.6) is 0 Å². The van der Waals surface area contributed by atoms with Crippen LogP contribution in [0.2, 0.25) is 0 Å². The number of hydrogen-bond donors (Lipinski definition) is 1. The monoisotopic (exact) mass is 474 g/mol. The molecule has 1 N–H and O–H groups in total. The first-order chi connectivity index (χ1) is 14.6. The first kappa shape index (κ1) is 24.1. The normalized spacial score (nSPS) is 17.1. The number of nitrogens with one attached hydrogen (secondary N) is 1. The second-order valence-corrected chi connectivity index (χ2v) is 8.07. The molecule has 0 radical (unpaired) electrons. The fourth-order valence-electron chi connectivity index (χ4n) is 4.67. The van der Waals surface area contributed by atoms with Crippen molar-refractivity contribution in [2.24, 2.45) is 7.05 Å². The molecule has 8 heteroatoms. The molecule has 1 fully saturated rings. The van der Waals surface area contributed by atoms with E-state index in [1.165, 1.54) is 22.3 Å². The van der Waals surface area contributed by atoms with Crippen molar-refractivity contribution in [2.45, 2.75) is 18.9 Å². The number of fused-ring (bicyclic) bond motifs is 3. The zero-order chi connectivity index (χ0) is 20.7. The summed E-state index contributed by atoms with van der Waals surface area (Å²) < 4.78 is 7.70. The van der Waals surface area contributed by atoms with Gasteiger partial charge in [0, 0.05) is 43.9 Å². The van der Waals surface area contributed by atoms with Crippen LogP contribution in [0, 0.1) is 6.92 Å². The van der Waals surface area contributed by atoms with Crippen molar-refractivity contribution in [3.8, 4) is 11.1 Å². The van der Waals surface area contributed by atoms with E-state index < -0.39 is 0 Å². The number of aryl methyl sites for hydroxylation is 1. The average molecular weight is 475 g/mol. The lowest BCUT2D eigenvalue weighted by molar-refractivity contribution is 0.0882. The number of carbonyl (C=O) groups is 1. The third kappa shape index (κ3) is 4.22. The van der Waals surface area contributed by atoms with Gasteiger partial charge in [-0.2, -0.15) is 5.10 Å². The molecule has 170 valence electrons. The maximum atomic E-state index is 12.9. The molecule has 3 aromatic rings. The number of halogens is 2. The number of nitrogens with zero attached hydrogens (tertiary/aromatic N) is 3. The molecule has 1 unspecified atom stereocenters. The van der Waals surface area contributed by atoms with Gasteiger partial charge in [0.15, 0.2) is 0 Å². The Balaban J connectivity index is 0.00000144. The Morgan fingerprint density at radius 1 is 1.06 bits per heavy atom. The summed E-state index contributed by atoms with van der Waals surface area (Å²) in [7, 11) is 1.94. The lowest BCUT2D eigenvalue weighted by Gasteiger charge is -2.33. The van der Waals surface area contributed by atoms with E-state index in [1.807, 2.05) is 17.9 Å². The van der Waals surface area contributed by atoms with E-state index in [2.05, 4.69) is 65.9 Å². The number of rotatable bonds is 3. The summed E-state index contributed by atoms with van der Waals surface area (Å²) >= 11 is 0. The number of ether oxygens (including phenoxy) is 1. The van der Waals surface area contributed by atoms with Crippen LogP contribution in [0.15, 0.2) is 54.7 Å². The number of aromatic nitrogens is 2. The number of benzene rings is 2. The van der Waals surface area contributed by atoms with Gasteiger partial charge in [-0.3, -0.25) is 4.68 Å². The summed E-state index contributed by atoms with van der Waals surface area (Å²) in [6.45, 7) is 4.38. The molecule has 0 saturated carbocycles. The maximum absolute atomic E-state index is 12.9. The number of hydrogen-bond acceptors (Lipinski definition) is 4. The highest BCUT2D eigenvalue weighted by Gasteiger charge is 2.31. The van der Waals surface area contributed by atoms with E-state index in [9.17, 15) is 4.79 Å². The van der Waals surface area contributed by atoms with Crippen molar-refractivity contribution >= 4 is 30.9 Å².